The Morgan fingerprint density at radius 3 is 2.83 bits per heavy atom. The highest BCUT2D eigenvalue weighted by atomic mass is 19.1. The highest BCUT2D eigenvalue weighted by Gasteiger charge is 2.26. The van der Waals surface area contributed by atoms with Gasteiger partial charge in [-0.1, -0.05) is 6.07 Å². The van der Waals surface area contributed by atoms with E-state index in [1.807, 2.05) is 13.0 Å². The predicted molar refractivity (Wildman–Crippen MR) is 90.0 cm³/mol. The van der Waals surface area contributed by atoms with Crippen LogP contribution < -0.4 is 4.90 Å². The second-order valence-corrected chi connectivity index (χ2v) is 6.18. The van der Waals surface area contributed by atoms with E-state index in [4.69, 9.17) is 0 Å². The van der Waals surface area contributed by atoms with Gasteiger partial charge < -0.3 is 4.90 Å². The van der Waals surface area contributed by atoms with Crippen LogP contribution in [0.1, 0.15) is 23.7 Å². The summed E-state index contributed by atoms with van der Waals surface area (Å²) in [5.74, 6) is 0.452. The summed E-state index contributed by atoms with van der Waals surface area (Å²) in [6, 6.07) is 7.31. The number of hydrogen-bond acceptors (Lipinski definition) is 5. The molecule has 0 bridgehead atoms. The fraction of sp³-hybridized carbons (Fsp3) is 0.389. The molecule has 1 aromatic heterocycles. The van der Waals surface area contributed by atoms with Crippen molar-refractivity contribution in [1.82, 2.24) is 14.9 Å². The van der Waals surface area contributed by atoms with E-state index in [1.165, 1.54) is 12.3 Å². The van der Waals surface area contributed by atoms with Crippen LogP contribution in [0.4, 0.5) is 10.2 Å². The number of nitrogens with zero attached hydrogens (tertiary/aromatic N) is 5. The van der Waals surface area contributed by atoms with E-state index in [9.17, 15) is 9.65 Å². The van der Waals surface area contributed by atoms with Crippen molar-refractivity contribution < 1.29 is 4.39 Å². The molecule has 0 radical (unpaired) electrons. The van der Waals surface area contributed by atoms with Gasteiger partial charge in [-0.05, 0) is 37.1 Å². The number of rotatable bonds is 3. The van der Waals surface area contributed by atoms with Crippen LogP contribution in [0.25, 0.3) is 0 Å². The predicted octanol–water partition coefficient (Wildman–Crippen LogP) is 2.51. The maximum atomic E-state index is 13.5. The molecule has 0 amide bonds. The molecule has 0 saturated carbocycles. The van der Waals surface area contributed by atoms with Gasteiger partial charge in [0.2, 0.25) is 0 Å². The summed E-state index contributed by atoms with van der Waals surface area (Å²) in [4.78, 5) is 12.8. The highest BCUT2D eigenvalue weighted by Crippen LogP contribution is 2.21. The average molecular weight is 325 g/mol. The average Bonchev–Trinajstić information content (AvgIpc) is 2.59. The number of halogens is 1. The lowest BCUT2D eigenvalue weighted by Crippen LogP contribution is -2.52. The molecule has 24 heavy (non-hydrogen) atoms. The molecule has 1 saturated heterocycles. The summed E-state index contributed by atoms with van der Waals surface area (Å²) in [5, 5.41) is 9.19. The van der Waals surface area contributed by atoms with Crippen molar-refractivity contribution in [2.75, 3.05) is 24.5 Å². The first-order valence-electron chi connectivity index (χ1n) is 8.03. The van der Waals surface area contributed by atoms with E-state index in [-0.39, 0.29) is 11.9 Å². The molecular weight excluding hydrogens is 305 g/mol. The van der Waals surface area contributed by atoms with Gasteiger partial charge in [0.05, 0.1) is 0 Å². The summed E-state index contributed by atoms with van der Waals surface area (Å²) in [5.41, 5.74) is 2.48. The van der Waals surface area contributed by atoms with Gasteiger partial charge in [0, 0.05) is 44.6 Å². The normalized spacial score (nSPS) is 18.4. The minimum atomic E-state index is -0.194. The third-order valence-corrected chi connectivity index (χ3v) is 4.53. The van der Waals surface area contributed by atoms with Gasteiger partial charge in [0.15, 0.2) is 11.5 Å². The number of nitriles is 1. The van der Waals surface area contributed by atoms with Crippen LogP contribution in [0.2, 0.25) is 0 Å². The Morgan fingerprint density at radius 2 is 2.08 bits per heavy atom. The van der Waals surface area contributed by atoms with E-state index in [0.717, 1.165) is 37.3 Å². The van der Waals surface area contributed by atoms with E-state index < -0.39 is 0 Å². The SMILES string of the molecule is Cc1ccc(F)cc1CN1CCN(c2nccnc2C#N)C[C@@H]1C. The zero-order valence-corrected chi connectivity index (χ0v) is 13.9. The number of anilines is 1. The zero-order valence-electron chi connectivity index (χ0n) is 13.9. The third kappa shape index (κ3) is 3.36. The van der Waals surface area contributed by atoms with E-state index in [1.54, 1.807) is 12.3 Å². The Bertz CT molecular complexity index is 770. The molecule has 1 atom stereocenters. The summed E-state index contributed by atoms with van der Waals surface area (Å²) >= 11 is 0. The smallest absolute Gasteiger partial charge is 0.183 e. The summed E-state index contributed by atoms with van der Waals surface area (Å²) in [6.45, 7) is 7.24. The van der Waals surface area contributed by atoms with Crippen molar-refractivity contribution >= 4 is 5.82 Å². The molecule has 0 spiro atoms. The standard InChI is InChI=1S/C18H20FN5/c1-13-3-4-16(19)9-15(13)12-23-7-8-24(11-14(23)2)18-17(10-20)21-5-6-22-18/h3-6,9,14H,7-8,11-12H2,1-2H3/t14-/m0/s1. The second kappa shape index (κ2) is 6.93. The Morgan fingerprint density at radius 1 is 1.29 bits per heavy atom. The van der Waals surface area contributed by atoms with Gasteiger partial charge >= 0.3 is 0 Å². The van der Waals surface area contributed by atoms with Gasteiger partial charge in [-0.3, -0.25) is 4.90 Å². The Labute approximate surface area is 141 Å². The molecule has 0 N–H and O–H groups in total. The van der Waals surface area contributed by atoms with Gasteiger partial charge in [0.1, 0.15) is 11.9 Å². The first-order chi connectivity index (χ1) is 11.6. The fourth-order valence-corrected chi connectivity index (χ4v) is 3.09. The maximum absolute atomic E-state index is 13.5. The van der Waals surface area contributed by atoms with Crippen LogP contribution in [0.5, 0.6) is 0 Å². The van der Waals surface area contributed by atoms with Gasteiger partial charge in [-0.25, -0.2) is 14.4 Å². The Balaban J connectivity index is 1.72. The van der Waals surface area contributed by atoms with Crippen molar-refractivity contribution in [2.24, 2.45) is 0 Å². The van der Waals surface area contributed by atoms with Crippen LogP contribution in [-0.2, 0) is 6.54 Å². The molecule has 2 heterocycles. The molecule has 1 aliphatic rings. The van der Waals surface area contributed by atoms with Crippen molar-refractivity contribution in [3.63, 3.8) is 0 Å². The summed E-state index contributed by atoms with van der Waals surface area (Å²) in [7, 11) is 0. The monoisotopic (exact) mass is 325 g/mol. The molecule has 3 rings (SSSR count). The summed E-state index contributed by atoms with van der Waals surface area (Å²) in [6.07, 6.45) is 3.15. The number of piperazine rings is 1. The van der Waals surface area contributed by atoms with Crippen LogP contribution in [0.15, 0.2) is 30.6 Å². The number of aromatic nitrogens is 2. The molecule has 1 aliphatic heterocycles. The largest absolute Gasteiger partial charge is 0.351 e. The van der Waals surface area contributed by atoms with Crippen molar-refractivity contribution in [3.05, 3.63) is 53.2 Å². The van der Waals surface area contributed by atoms with Crippen molar-refractivity contribution in [1.29, 1.82) is 5.26 Å². The minimum absolute atomic E-state index is 0.194. The highest BCUT2D eigenvalue weighted by molar-refractivity contribution is 5.50. The minimum Gasteiger partial charge on any atom is -0.351 e. The molecule has 6 heteroatoms. The molecular formula is C18H20FN5. The zero-order chi connectivity index (χ0) is 17.1. The molecule has 0 unspecified atom stereocenters. The van der Waals surface area contributed by atoms with Crippen LogP contribution in [0.3, 0.4) is 0 Å². The Kier molecular flexibility index (Phi) is 4.72. The molecule has 1 aromatic carbocycles. The quantitative estimate of drug-likeness (QED) is 0.868. The molecule has 124 valence electrons. The Hall–Kier alpha value is -2.52. The number of hydrogen-bond donors (Lipinski definition) is 0. The molecule has 5 nitrogen and oxygen atoms in total. The van der Waals surface area contributed by atoms with Crippen molar-refractivity contribution in [2.45, 2.75) is 26.4 Å². The fourth-order valence-electron chi connectivity index (χ4n) is 3.09. The third-order valence-electron chi connectivity index (χ3n) is 4.53. The number of aryl methyl sites for hydroxylation is 1. The molecule has 1 fully saturated rings. The second-order valence-electron chi connectivity index (χ2n) is 6.18. The maximum Gasteiger partial charge on any atom is 0.183 e. The summed E-state index contributed by atoms with van der Waals surface area (Å²) < 4.78 is 13.5. The van der Waals surface area contributed by atoms with Gasteiger partial charge in [-0.2, -0.15) is 5.26 Å². The van der Waals surface area contributed by atoms with Gasteiger partial charge in [0.25, 0.3) is 0 Å². The molecule has 0 aliphatic carbocycles. The van der Waals surface area contributed by atoms with E-state index in [0.29, 0.717) is 11.5 Å². The first kappa shape index (κ1) is 16.3. The lowest BCUT2D eigenvalue weighted by molar-refractivity contribution is 0.180. The van der Waals surface area contributed by atoms with Crippen LogP contribution in [0, 0.1) is 24.1 Å². The lowest BCUT2D eigenvalue weighted by atomic mass is 10.1. The van der Waals surface area contributed by atoms with E-state index in [2.05, 4.69) is 32.8 Å². The van der Waals surface area contributed by atoms with Gasteiger partial charge in [-0.15, -0.1) is 0 Å². The topological polar surface area (TPSA) is 56.1 Å². The van der Waals surface area contributed by atoms with Crippen molar-refractivity contribution in [3.8, 4) is 6.07 Å². The van der Waals surface area contributed by atoms with E-state index >= 15 is 0 Å². The number of benzene rings is 1. The lowest BCUT2D eigenvalue weighted by Gasteiger charge is -2.40. The van der Waals surface area contributed by atoms with Crippen LogP contribution >= 0.6 is 0 Å². The van der Waals surface area contributed by atoms with Crippen LogP contribution in [-0.4, -0.2) is 40.5 Å². The molecule has 2 aromatic rings. The first-order valence-corrected chi connectivity index (χ1v) is 8.03.